The molecule has 0 atom stereocenters. The Balaban J connectivity index is 1.54. The van der Waals surface area contributed by atoms with Crippen LogP contribution in [0.25, 0.3) is 0 Å². The molecule has 1 fully saturated rings. The molecule has 1 saturated heterocycles. The summed E-state index contributed by atoms with van der Waals surface area (Å²) in [6, 6.07) is 8.79. The summed E-state index contributed by atoms with van der Waals surface area (Å²) in [6.07, 6.45) is 4.53. The van der Waals surface area contributed by atoms with Gasteiger partial charge in [0.2, 0.25) is 0 Å². The fraction of sp³-hybridized carbons (Fsp3) is 0.632. The minimum Gasteiger partial charge on any atom is -0.466 e. The Hall–Kier alpha value is -1.00. The van der Waals surface area contributed by atoms with Crippen LogP contribution in [-0.2, 0) is 9.53 Å². The quantitative estimate of drug-likeness (QED) is 0.450. The van der Waals surface area contributed by atoms with Crippen LogP contribution < -0.4 is 4.90 Å². The lowest BCUT2D eigenvalue weighted by Crippen LogP contribution is -3.13. The molecule has 0 amide bonds. The SMILES string of the molecule is CCOC(=O)C1CC[NH+](CCCCSc2ccc(C)cc2)CC1. The Morgan fingerprint density at radius 1 is 1.22 bits per heavy atom. The zero-order valence-corrected chi connectivity index (χ0v) is 15.3. The van der Waals surface area contributed by atoms with Gasteiger partial charge in [0.25, 0.3) is 0 Å². The molecule has 2 rings (SSSR count). The number of unbranched alkanes of at least 4 members (excludes halogenated alkanes) is 1. The van der Waals surface area contributed by atoms with E-state index >= 15 is 0 Å². The standard InChI is InChI=1S/C19H29NO2S/c1-3-22-19(21)17-10-13-20(14-11-17)12-4-5-15-23-18-8-6-16(2)7-9-18/h6-9,17H,3-5,10-15H2,1-2H3/p+1. The summed E-state index contributed by atoms with van der Waals surface area (Å²) >= 11 is 1.96. The van der Waals surface area contributed by atoms with Crippen molar-refractivity contribution < 1.29 is 14.4 Å². The smallest absolute Gasteiger partial charge is 0.309 e. The molecule has 4 heteroatoms. The zero-order chi connectivity index (χ0) is 16.5. The van der Waals surface area contributed by atoms with Crippen molar-refractivity contribution in [1.29, 1.82) is 0 Å². The Morgan fingerprint density at radius 2 is 1.91 bits per heavy atom. The number of hydrogen-bond donors (Lipinski definition) is 1. The molecule has 1 aliphatic rings. The molecule has 0 spiro atoms. The highest BCUT2D eigenvalue weighted by Gasteiger charge is 2.27. The number of hydrogen-bond acceptors (Lipinski definition) is 3. The number of quaternary nitrogens is 1. The topological polar surface area (TPSA) is 30.7 Å². The number of carbonyl (C=O) groups excluding carboxylic acids is 1. The minimum atomic E-state index is 0.0149. The van der Waals surface area contributed by atoms with E-state index in [9.17, 15) is 4.79 Å². The molecule has 23 heavy (non-hydrogen) atoms. The third-order valence-electron chi connectivity index (χ3n) is 4.53. The number of aryl methyl sites for hydroxylation is 1. The van der Waals surface area contributed by atoms with E-state index < -0.39 is 0 Å². The van der Waals surface area contributed by atoms with Crippen molar-refractivity contribution in [3.05, 3.63) is 29.8 Å². The first-order chi connectivity index (χ1) is 11.2. The molecule has 1 heterocycles. The normalized spacial score (nSPS) is 21.1. The van der Waals surface area contributed by atoms with E-state index in [-0.39, 0.29) is 11.9 Å². The summed E-state index contributed by atoms with van der Waals surface area (Å²) < 4.78 is 5.13. The maximum Gasteiger partial charge on any atom is 0.309 e. The first-order valence-electron chi connectivity index (χ1n) is 8.88. The first-order valence-corrected chi connectivity index (χ1v) is 9.87. The number of benzene rings is 1. The summed E-state index contributed by atoms with van der Waals surface area (Å²) in [5.74, 6) is 1.36. The monoisotopic (exact) mass is 336 g/mol. The van der Waals surface area contributed by atoms with Gasteiger partial charge in [-0.15, -0.1) is 11.8 Å². The predicted molar refractivity (Wildman–Crippen MR) is 96.1 cm³/mol. The van der Waals surface area contributed by atoms with Gasteiger partial charge in [-0.25, -0.2) is 0 Å². The van der Waals surface area contributed by atoms with Crippen LogP contribution in [0.1, 0.15) is 38.2 Å². The van der Waals surface area contributed by atoms with E-state index in [1.54, 1.807) is 4.90 Å². The van der Waals surface area contributed by atoms with Gasteiger partial charge < -0.3 is 9.64 Å². The van der Waals surface area contributed by atoms with E-state index in [1.807, 2.05) is 18.7 Å². The van der Waals surface area contributed by atoms with Crippen LogP contribution in [0, 0.1) is 12.8 Å². The van der Waals surface area contributed by atoms with Gasteiger partial charge in [-0.2, -0.15) is 0 Å². The minimum absolute atomic E-state index is 0.0149. The molecule has 3 nitrogen and oxygen atoms in total. The van der Waals surface area contributed by atoms with E-state index in [0.717, 1.165) is 25.9 Å². The maximum absolute atomic E-state index is 11.7. The number of likely N-dealkylation sites (tertiary alicyclic amines) is 1. The highest BCUT2D eigenvalue weighted by Crippen LogP contribution is 2.19. The number of carbonyl (C=O) groups is 1. The summed E-state index contributed by atoms with van der Waals surface area (Å²) in [4.78, 5) is 14.8. The summed E-state index contributed by atoms with van der Waals surface area (Å²) in [7, 11) is 0. The average Bonchev–Trinajstić information content (AvgIpc) is 2.57. The summed E-state index contributed by atoms with van der Waals surface area (Å²) in [6.45, 7) is 7.99. The molecule has 1 aliphatic heterocycles. The fourth-order valence-corrected chi connectivity index (χ4v) is 3.99. The number of ether oxygens (including phenoxy) is 1. The summed E-state index contributed by atoms with van der Waals surface area (Å²) in [5, 5.41) is 0. The molecule has 128 valence electrons. The number of piperidine rings is 1. The molecule has 0 bridgehead atoms. The number of rotatable bonds is 8. The number of thioether (sulfide) groups is 1. The second-order valence-corrected chi connectivity index (χ2v) is 7.56. The van der Waals surface area contributed by atoms with Crippen molar-refractivity contribution in [3.8, 4) is 0 Å². The highest BCUT2D eigenvalue weighted by atomic mass is 32.2. The maximum atomic E-state index is 11.7. The fourth-order valence-electron chi connectivity index (χ4n) is 3.07. The van der Waals surface area contributed by atoms with Gasteiger partial charge in [0.05, 0.1) is 32.2 Å². The third kappa shape index (κ3) is 6.56. The van der Waals surface area contributed by atoms with Crippen molar-refractivity contribution in [3.63, 3.8) is 0 Å². The molecule has 0 aliphatic carbocycles. The Labute approximate surface area is 144 Å². The highest BCUT2D eigenvalue weighted by molar-refractivity contribution is 7.99. The lowest BCUT2D eigenvalue weighted by molar-refractivity contribution is -0.906. The van der Waals surface area contributed by atoms with Crippen LogP contribution >= 0.6 is 11.8 Å². The average molecular weight is 337 g/mol. The largest absolute Gasteiger partial charge is 0.466 e. The van der Waals surface area contributed by atoms with E-state index in [1.165, 1.54) is 35.6 Å². The molecule has 1 aromatic carbocycles. The zero-order valence-electron chi connectivity index (χ0n) is 14.5. The molecular formula is C19H30NO2S+. The van der Waals surface area contributed by atoms with Gasteiger partial charge in [-0.3, -0.25) is 4.79 Å². The second-order valence-electron chi connectivity index (χ2n) is 6.39. The Morgan fingerprint density at radius 3 is 2.57 bits per heavy atom. The first kappa shape index (κ1) is 18.3. The molecule has 0 unspecified atom stereocenters. The van der Waals surface area contributed by atoms with Gasteiger partial charge in [-0.05, 0) is 44.6 Å². The number of nitrogens with one attached hydrogen (secondary N) is 1. The van der Waals surface area contributed by atoms with Gasteiger partial charge in [0.1, 0.15) is 0 Å². The second kappa shape index (κ2) is 9.99. The van der Waals surface area contributed by atoms with E-state index in [0.29, 0.717) is 6.61 Å². The number of esters is 1. The van der Waals surface area contributed by atoms with Gasteiger partial charge in [-0.1, -0.05) is 17.7 Å². The molecule has 0 radical (unpaired) electrons. The van der Waals surface area contributed by atoms with Crippen LogP contribution in [0.2, 0.25) is 0 Å². The molecule has 1 aromatic rings. The molecular weight excluding hydrogens is 306 g/mol. The van der Waals surface area contributed by atoms with Crippen LogP contribution in [0.4, 0.5) is 0 Å². The lowest BCUT2D eigenvalue weighted by atomic mass is 9.97. The van der Waals surface area contributed by atoms with Gasteiger partial charge in [0.15, 0.2) is 0 Å². The molecule has 1 N–H and O–H groups in total. The Kier molecular flexibility index (Phi) is 7.96. The van der Waals surface area contributed by atoms with Crippen LogP contribution in [-0.4, -0.2) is 38.0 Å². The summed E-state index contributed by atoms with van der Waals surface area (Å²) in [5.41, 5.74) is 1.32. The van der Waals surface area contributed by atoms with Crippen molar-refractivity contribution in [2.24, 2.45) is 5.92 Å². The van der Waals surface area contributed by atoms with Crippen molar-refractivity contribution in [1.82, 2.24) is 0 Å². The molecule has 0 saturated carbocycles. The van der Waals surface area contributed by atoms with E-state index in [2.05, 4.69) is 31.2 Å². The van der Waals surface area contributed by atoms with Crippen molar-refractivity contribution in [2.75, 3.05) is 32.0 Å². The van der Waals surface area contributed by atoms with E-state index in [4.69, 9.17) is 4.74 Å². The van der Waals surface area contributed by atoms with Gasteiger partial charge >= 0.3 is 5.97 Å². The van der Waals surface area contributed by atoms with Crippen LogP contribution in [0.15, 0.2) is 29.2 Å². The van der Waals surface area contributed by atoms with Crippen LogP contribution in [0.3, 0.4) is 0 Å². The predicted octanol–water partition coefficient (Wildman–Crippen LogP) is 2.73. The van der Waals surface area contributed by atoms with Gasteiger partial charge in [0, 0.05) is 17.7 Å². The lowest BCUT2D eigenvalue weighted by Gasteiger charge is -2.28. The van der Waals surface area contributed by atoms with Crippen molar-refractivity contribution >= 4 is 17.7 Å². The third-order valence-corrected chi connectivity index (χ3v) is 5.63. The Bertz CT molecular complexity index is 467. The van der Waals surface area contributed by atoms with Crippen molar-refractivity contribution in [2.45, 2.75) is 44.4 Å². The molecule has 0 aromatic heterocycles. The van der Waals surface area contributed by atoms with Crippen LogP contribution in [0.5, 0.6) is 0 Å².